The van der Waals surface area contributed by atoms with E-state index >= 15 is 0 Å². The van der Waals surface area contributed by atoms with Gasteiger partial charge in [-0.25, -0.2) is 9.18 Å². The Morgan fingerprint density at radius 3 is 2.82 bits per heavy atom. The Balaban J connectivity index is 2.87. The summed E-state index contributed by atoms with van der Waals surface area (Å²) < 4.78 is 27.5. The van der Waals surface area contributed by atoms with Gasteiger partial charge in [-0.15, -0.1) is 0 Å². The summed E-state index contributed by atoms with van der Waals surface area (Å²) in [6.45, 7) is 2.30. The van der Waals surface area contributed by atoms with Gasteiger partial charge in [-0.2, -0.15) is 0 Å². The molecule has 0 spiro atoms. The number of carbonyl (C=O) groups excluding carboxylic acids is 1. The van der Waals surface area contributed by atoms with E-state index in [1.165, 1.54) is 25.7 Å². The number of carbonyl (C=O) groups is 1. The molecule has 5 heteroatoms. The fraction of sp³-hybridized carbons (Fsp3) is 0.250. The van der Waals surface area contributed by atoms with E-state index in [0.717, 1.165) is 12.1 Å². The van der Waals surface area contributed by atoms with E-state index < -0.39 is 11.8 Å². The summed E-state index contributed by atoms with van der Waals surface area (Å²) in [5.74, 6) is -1.02. The molecule has 0 aromatic heterocycles. The SMILES string of the molecule is CCOC=COc1cc(F)ccc1C(=O)OC. The molecule has 92 valence electrons. The summed E-state index contributed by atoms with van der Waals surface area (Å²) >= 11 is 0. The molecular formula is C12H13FO4. The molecule has 0 fully saturated rings. The van der Waals surface area contributed by atoms with Crippen molar-refractivity contribution in [2.24, 2.45) is 0 Å². The molecule has 0 N–H and O–H groups in total. The van der Waals surface area contributed by atoms with Gasteiger partial charge in [0, 0.05) is 6.07 Å². The zero-order valence-corrected chi connectivity index (χ0v) is 9.60. The Bertz CT molecular complexity index is 415. The van der Waals surface area contributed by atoms with Gasteiger partial charge in [0.2, 0.25) is 0 Å². The quantitative estimate of drug-likeness (QED) is 0.586. The smallest absolute Gasteiger partial charge is 0.341 e. The van der Waals surface area contributed by atoms with Gasteiger partial charge in [-0.05, 0) is 19.1 Å². The number of ether oxygens (including phenoxy) is 3. The maximum absolute atomic E-state index is 13.0. The number of halogens is 1. The molecule has 0 aliphatic rings. The second-order valence-corrected chi connectivity index (χ2v) is 2.98. The Morgan fingerprint density at radius 1 is 1.41 bits per heavy atom. The molecule has 0 aliphatic carbocycles. The van der Waals surface area contributed by atoms with Crippen LogP contribution in [0.25, 0.3) is 0 Å². The summed E-state index contributed by atoms with van der Waals surface area (Å²) in [6, 6.07) is 3.55. The highest BCUT2D eigenvalue weighted by atomic mass is 19.1. The number of rotatable bonds is 5. The molecule has 0 bridgehead atoms. The third-order valence-corrected chi connectivity index (χ3v) is 1.86. The standard InChI is InChI=1S/C12H13FO4/c1-3-16-6-7-17-11-8-9(13)4-5-10(11)12(14)15-2/h4-8H,3H2,1-2H3. The molecule has 0 heterocycles. The van der Waals surface area contributed by atoms with Crippen molar-refractivity contribution < 1.29 is 23.4 Å². The van der Waals surface area contributed by atoms with Crippen molar-refractivity contribution in [2.45, 2.75) is 6.92 Å². The predicted molar refractivity (Wildman–Crippen MR) is 59.1 cm³/mol. The lowest BCUT2D eigenvalue weighted by molar-refractivity contribution is 0.0597. The highest BCUT2D eigenvalue weighted by molar-refractivity contribution is 5.92. The molecule has 0 amide bonds. The first-order chi connectivity index (χ1) is 8.19. The number of methoxy groups -OCH3 is 1. The van der Waals surface area contributed by atoms with E-state index in [0.29, 0.717) is 6.61 Å². The number of esters is 1. The lowest BCUT2D eigenvalue weighted by Gasteiger charge is -2.06. The van der Waals surface area contributed by atoms with E-state index in [9.17, 15) is 9.18 Å². The molecule has 4 nitrogen and oxygen atoms in total. The van der Waals surface area contributed by atoms with Gasteiger partial charge in [0.1, 0.15) is 29.7 Å². The highest BCUT2D eigenvalue weighted by Gasteiger charge is 2.13. The van der Waals surface area contributed by atoms with E-state index in [2.05, 4.69) is 4.74 Å². The topological polar surface area (TPSA) is 44.8 Å². The van der Waals surface area contributed by atoms with Crippen LogP contribution < -0.4 is 4.74 Å². The van der Waals surface area contributed by atoms with Crippen LogP contribution in [-0.2, 0) is 9.47 Å². The maximum atomic E-state index is 13.0. The van der Waals surface area contributed by atoms with Crippen LogP contribution in [0.5, 0.6) is 5.75 Å². The lowest BCUT2D eigenvalue weighted by atomic mass is 10.2. The van der Waals surface area contributed by atoms with Crippen LogP contribution in [0.2, 0.25) is 0 Å². The molecule has 0 unspecified atom stereocenters. The average Bonchev–Trinajstić information content (AvgIpc) is 2.34. The fourth-order valence-electron chi connectivity index (χ4n) is 1.11. The van der Waals surface area contributed by atoms with Crippen molar-refractivity contribution in [3.63, 3.8) is 0 Å². The van der Waals surface area contributed by atoms with Crippen LogP contribution >= 0.6 is 0 Å². The van der Waals surface area contributed by atoms with Gasteiger partial charge in [0.05, 0.1) is 13.7 Å². The van der Waals surface area contributed by atoms with Gasteiger partial charge < -0.3 is 14.2 Å². The van der Waals surface area contributed by atoms with Gasteiger partial charge >= 0.3 is 5.97 Å². The molecule has 0 radical (unpaired) electrons. The van der Waals surface area contributed by atoms with Crippen molar-refractivity contribution in [3.8, 4) is 5.75 Å². The highest BCUT2D eigenvalue weighted by Crippen LogP contribution is 2.21. The lowest BCUT2D eigenvalue weighted by Crippen LogP contribution is -2.04. The van der Waals surface area contributed by atoms with Gasteiger partial charge in [-0.1, -0.05) is 0 Å². The van der Waals surface area contributed by atoms with Gasteiger partial charge in [0.25, 0.3) is 0 Å². The average molecular weight is 240 g/mol. The first kappa shape index (κ1) is 13.0. The summed E-state index contributed by atoms with van der Waals surface area (Å²) in [7, 11) is 1.24. The molecule has 0 saturated carbocycles. The van der Waals surface area contributed by atoms with E-state index in [-0.39, 0.29) is 11.3 Å². The van der Waals surface area contributed by atoms with Crippen molar-refractivity contribution >= 4 is 5.97 Å². The number of benzene rings is 1. The van der Waals surface area contributed by atoms with Gasteiger partial charge in [0.15, 0.2) is 0 Å². The summed E-state index contributed by atoms with van der Waals surface area (Å²) in [5, 5.41) is 0. The van der Waals surface area contributed by atoms with Crippen LogP contribution in [0.3, 0.4) is 0 Å². The Hall–Kier alpha value is -2.04. The molecule has 0 aliphatic heterocycles. The van der Waals surface area contributed by atoms with E-state index in [1.807, 2.05) is 6.92 Å². The molecular weight excluding hydrogens is 227 g/mol. The monoisotopic (exact) mass is 240 g/mol. The Kier molecular flexibility index (Phi) is 5.00. The fourth-order valence-corrected chi connectivity index (χ4v) is 1.11. The minimum absolute atomic E-state index is 0.0767. The van der Waals surface area contributed by atoms with Crippen LogP contribution in [-0.4, -0.2) is 19.7 Å². The summed E-state index contributed by atoms with van der Waals surface area (Å²) in [5.41, 5.74) is 0.148. The second kappa shape index (κ2) is 6.52. The Labute approximate surface area is 98.6 Å². The third-order valence-electron chi connectivity index (χ3n) is 1.86. The molecule has 0 saturated heterocycles. The second-order valence-electron chi connectivity index (χ2n) is 2.98. The summed E-state index contributed by atoms with van der Waals surface area (Å²) in [6.07, 6.45) is 2.54. The first-order valence-electron chi connectivity index (χ1n) is 5.00. The molecule has 17 heavy (non-hydrogen) atoms. The van der Waals surface area contributed by atoms with Crippen LogP contribution in [0.15, 0.2) is 30.7 Å². The molecule has 1 rings (SSSR count). The minimum atomic E-state index is -0.593. The number of hydrogen-bond acceptors (Lipinski definition) is 4. The van der Waals surface area contributed by atoms with Crippen molar-refractivity contribution in [1.29, 1.82) is 0 Å². The summed E-state index contributed by atoms with van der Waals surface area (Å²) in [4.78, 5) is 11.4. The Morgan fingerprint density at radius 2 is 2.18 bits per heavy atom. The van der Waals surface area contributed by atoms with Crippen LogP contribution in [0.1, 0.15) is 17.3 Å². The zero-order valence-electron chi connectivity index (χ0n) is 9.60. The van der Waals surface area contributed by atoms with Gasteiger partial charge in [-0.3, -0.25) is 0 Å². The van der Waals surface area contributed by atoms with Crippen molar-refractivity contribution in [2.75, 3.05) is 13.7 Å². The van der Waals surface area contributed by atoms with Crippen molar-refractivity contribution in [1.82, 2.24) is 0 Å². The third kappa shape index (κ3) is 3.79. The largest absolute Gasteiger partial charge is 0.498 e. The zero-order chi connectivity index (χ0) is 12.7. The normalized spacial score (nSPS) is 10.3. The van der Waals surface area contributed by atoms with E-state index in [4.69, 9.17) is 9.47 Å². The van der Waals surface area contributed by atoms with E-state index in [1.54, 1.807) is 0 Å². The van der Waals surface area contributed by atoms with Crippen molar-refractivity contribution in [3.05, 3.63) is 42.1 Å². The molecule has 0 atom stereocenters. The van der Waals surface area contributed by atoms with Crippen LogP contribution in [0, 0.1) is 5.82 Å². The maximum Gasteiger partial charge on any atom is 0.341 e. The first-order valence-corrected chi connectivity index (χ1v) is 5.00. The minimum Gasteiger partial charge on any atom is -0.498 e. The molecule has 1 aromatic rings. The molecule has 1 aromatic carbocycles. The predicted octanol–water partition coefficient (Wildman–Crippen LogP) is 2.50. The number of hydrogen-bond donors (Lipinski definition) is 0. The van der Waals surface area contributed by atoms with Crippen LogP contribution in [0.4, 0.5) is 4.39 Å².